The van der Waals surface area contributed by atoms with Crippen molar-refractivity contribution in [3.05, 3.63) is 29.3 Å². The quantitative estimate of drug-likeness (QED) is 0.833. The average molecular weight is 291 g/mol. The second-order valence-corrected chi connectivity index (χ2v) is 5.50. The lowest BCUT2D eigenvalue weighted by molar-refractivity contribution is 0.0772. The van der Waals surface area contributed by atoms with Crippen LogP contribution in [0.3, 0.4) is 0 Å². The van der Waals surface area contributed by atoms with E-state index in [2.05, 4.69) is 11.8 Å². The summed E-state index contributed by atoms with van der Waals surface area (Å²) >= 11 is 1.87. The molecule has 5 heteroatoms. The van der Waals surface area contributed by atoms with Crippen molar-refractivity contribution in [1.82, 2.24) is 4.90 Å². The Labute approximate surface area is 123 Å². The Hall–Kier alpha value is -1.64. The Bertz CT molecular complexity index is 542. The Balaban J connectivity index is 2.25. The van der Waals surface area contributed by atoms with E-state index in [4.69, 9.17) is 9.84 Å². The first-order chi connectivity index (χ1) is 9.76. The van der Waals surface area contributed by atoms with Crippen LogP contribution in [-0.4, -0.2) is 54.2 Å². The second-order valence-electron chi connectivity index (χ2n) is 4.28. The van der Waals surface area contributed by atoms with E-state index in [-0.39, 0.29) is 12.5 Å². The van der Waals surface area contributed by atoms with Gasteiger partial charge in [0.2, 0.25) is 0 Å². The molecule has 1 aliphatic heterocycles. The minimum Gasteiger partial charge on any atom is -0.495 e. The number of hydrogen-bond donors (Lipinski definition) is 1. The molecule has 0 saturated carbocycles. The number of rotatable bonds is 2. The monoisotopic (exact) mass is 291 g/mol. The second kappa shape index (κ2) is 7.22. The van der Waals surface area contributed by atoms with Gasteiger partial charge < -0.3 is 14.7 Å². The highest BCUT2D eigenvalue weighted by Gasteiger charge is 2.19. The number of benzene rings is 1. The number of carbonyl (C=O) groups excluding carboxylic acids is 1. The van der Waals surface area contributed by atoms with E-state index in [1.54, 1.807) is 25.3 Å². The first-order valence-electron chi connectivity index (χ1n) is 6.41. The van der Waals surface area contributed by atoms with Crippen molar-refractivity contribution in [3.8, 4) is 17.6 Å². The van der Waals surface area contributed by atoms with Crippen LogP contribution in [0, 0.1) is 11.8 Å². The standard InChI is InChI=1S/C15H17NO3S/c1-19-14-5-4-13(11-12(14)3-2-8-17)15(18)16-6-9-20-10-7-16/h4-5,11,17H,6-10H2,1H3. The molecule has 1 amide bonds. The molecule has 0 spiro atoms. The molecule has 1 N–H and O–H groups in total. The highest BCUT2D eigenvalue weighted by molar-refractivity contribution is 7.99. The summed E-state index contributed by atoms with van der Waals surface area (Å²) in [7, 11) is 1.56. The highest BCUT2D eigenvalue weighted by Crippen LogP contribution is 2.21. The van der Waals surface area contributed by atoms with Crippen molar-refractivity contribution in [1.29, 1.82) is 0 Å². The summed E-state index contributed by atoms with van der Waals surface area (Å²) in [5, 5.41) is 8.78. The normalized spacial score (nSPS) is 14.4. The number of amides is 1. The zero-order chi connectivity index (χ0) is 14.4. The molecule has 1 heterocycles. The number of carbonyl (C=O) groups is 1. The van der Waals surface area contributed by atoms with Gasteiger partial charge >= 0.3 is 0 Å². The fourth-order valence-electron chi connectivity index (χ4n) is 2.02. The van der Waals surface area contributed by atoms with Gasteiger partial charge in [0.25, 0.3) is 5.91 Å². The van der Waals surface area contributed by atoms with E-state index in [9.17, 15) is 4.79 Å². The maximum atomic E-state index is 12.4. The number of thioether (sulfide) groups is 1. The molecule has 0 aliphatic carbocycles. The summed E-state index contributed by atoms with van der Waals surface area (Å²) in [6.45, 7) is 1.35. The van der Waals surface area contributed by atoms with Gasteiger partial charge in [0.15, 0.2) is 0 Å². The van der Waals surface area contributed by atoms with Crippen molar-refractivity contribution in [3.63, 3.8) is 0 Å². The number of aliphatic hydroxyl groups excluding tert-OH is 1. The maximum Gasteiger partial charge on any atom is 0.253 e. The van der Waals surface area contributed by atoms with Crippen LogP contribution in [0.1, 0.15) is 15.9 Å². The van der Waals surface area contributed by atoms with Crippen molar-refractivity contribution >= 4 is 17.7 Å². The molecule has 1 aliphatic rings. The first-order valence-corrected chi connectivity index (χ1v) is 7.56. The molecule has 20 heavy (non-hydrogen) atoms. The van der Waals surface area contributed by atoms with Gasteiger partial charge in [0.1, 0.15) is 12.4 Å². The molecule has 1 saturated heterocycles. The molecule has 106 valence electrons. The summed E-state index contributed by atoms with van der Waals surface area (Å²) in [6.07, 6.45) is 0. The Kier molecular flexibility index (Phi) is 5.33. The van der Waals surface area contributed by atoms with E-state index in [0.29, 0.717) is 16.9 Å². The number of nitrogens with zero attached hydrogens (tertiary/aromatic N) is 1. The fraction of sp³-hybridized carbons (Fsp3) is 0.400. The minimum atomic E-state index is -0.218. The van der Waals surface area contributed by atoms with Gasteiger partial charge in [-0.2, -0.15) is 11.8 Å². The first kappa shape index (κ1) is 14.8. The van der Waals surface area contributed by atoms with Crippen LogP contribution in [0.15, 0.2) is 18.2 Å². The van der Waals surface area contributed by atoms with Gasteiger partial charge in [0.05, 0.1) is 12.7 Å². The van der Waals surface area contributed by atoms with E-state index in [0.717, 1.165) is 24.6 Å². The van der Waals surface area contributed by atoms with Crippen molar-refractivity contribution in [2.24, 2.45) is 0 Å². The maximum absolute atomic E-state index is 12.4. The number of ether oxygens (including phenoxy) is 1. The van der Waals surface area contributed by atoms with Gasteiger partial charge in [-0.3, -0.25) is 4.79 Å². The van der Waals surface area contributed by atoms with Crippen LogP contribution in [0.5, 0.6) is 5.75 Å². The molecule has 4 nitrogen and oxygen atoms in total. The third-order valence-corrected chi connectivity index (χ3v) is 3.99. The van der Waals surface area contributed by atoms with Gasteiger partial charge in [-0.15, -0.1) is 0 Å². The van der Waals surface area contributed by atoms with Gasteiger partial charge in [-0.25, -0.2) is 0 Å². The van der Waals surface area contributed by atoms with Gasteiger partial charge in [-0.1, -0.05) is 11.8 Å². The molecule has 0 radical (unpaired) electrons. The topological polar surface area (TPSA) is 49.8 Å². The molecule has 1 fully saturated rings. The number of aliphatic hydroxyl groups is 1. The Morgan fingerprint density at radius 1 is 1.45 bits per heavy atom. The summed E-state index contributed by atoms with van der Waals surface area (Å²) in [5.74, 6) is 8.00. The Morgan fingerprint density at radius 3 is 2.85 bits per heavy atom. The van der Waals surface area contributed by atoms with Crippen molar-refractivity contribution in [2.45, 2.75) is 0 Å². The van der Waals surface area contributed by atoms with Crippen LogP contribution in [-0.2, 0) is 0 Å². The third kappa shape index (κ3) is 3.47. The van der Waals surface area contributed by atoms with E-state index >= 15 is 0 Å². The molecule has 0 bridgehead atoms. The zero-order valence-corrected chi connectivity index (χ0v) is 12.2. The lowest BCUT2D eigenvalue weighted by Crippen LogP contribution is -2.37. The molecule has 0 aromatic heterocycles. The highest BCUT2D eigenvalue weighted by atomic mass is 32.2. The van der Waals surface area contributed by atoms with Crippen LogP contribution in [0.25, 0.3) is 0 Å². The van der Waals surface area contributed by atoms with E-state index in [1.165, 1.54) is 0 Å². The van der Waals surface area contributed by atoms with Crippen LogP contribution in [0.2, 0.25) is 0 Å². The molecule has 1 aromatic carbocycles. The number of hydrogen-bond acceptors (Lipinski definition) is 4. The zero-order valence-electron chi connectivity index (χ0n) is 11.4. The summed E-state index contributed by atoms with van der Waals surface area (Å²) in [5.41, 5.74) is 1.23. The van der Waals surface area contributed by atoms with Crippen LogP contribution >= 0.6 is 11.8 Å². The van der Waals surface area contributed by atoms with Crippen LogP contribution in [0.4, 0.5) is 0 Å². The molecule has 1 aromatic rings. The minimum absolute atomic E-state index is 0.0278. The fourth-order valence-corrected chi connectivity index (χ4v) is 2.93. The summed E-state index contributed by atoms with van der Waals surface area (Å²) < 4.78 is 5.21. The molecule has 0 unspecified atom stereocenters. The lowest BCUT2D eigenvalue weighted by atomic mass is 10.1. The smallest absolute Gasteiger partial charge is 0.253 e. The van der Waals surface area contributed by atoms with E-state index < -0.39 is 0 Å². The predicted molar refractivity (Wildman–Crippen MR) is 80.2 cm³/mol. The lowest BCUT2D eigenvalue weighted by Gasteiger charge is -2.26. The van der Waals surface area contributed by atoms with E-state index in [1.807, 2.05) is 16.7 Å². The summed E-state index contributed by atoms with van der Waals surface area (Å²) in [6, 6.07) is 5.23. The molecular weight excluding hydrogens is 274 g/mol. The SMILES string of the molecule is COc1ccc(C(=O)N2CCSCC2)cc1C#CCO. The van der Waals surface area contributed by atoms with Crippen LogP contribution < -0.4 is 4.74 Å². The largest absolute Gasteiger partial charge is 0.495 e. The molecular formula is C15H17NO3S. The number of methoxy groups -OCH3 is 1. The summed E-state index contributed by atoms with van der Waals surface area (Å²) in [4.78, 5) is 14.3. The average Bonchev–Trinajstić information content (AvgIpc) is 2.52. The Morgan fingerprint density at radius 2 is 2.20 bits per heavy atom. The molecule has 2 rings (SSSR count). The van der Waals surface area contributed by atoms with Crippen molar-refractivity contribution in [2.75, 3.05) is 38.3 Å². The van der Waals surface area contributed by atoms with Gasteiger partial charge in [0, 0.05) is 30.2 Å². The van der Waals surface area contributed by atoms with Gasteiger partial charge in [-0.05, 0) is 18.2 Å². The third-order valence-electron chi connectivity index (χ3n) is 3.05. The van der Waals surface area contributed by atoms with Crippen molar-refractivity contribution < 1.29 is 14.6 Å². The molecule has 0 atom stereocenters. The predicted octanol–water partition coefficient (Wildman–Crippen LogP) is 1.23.